The molecule has 0 aromatic heterocycles. The third-order valence-electron chi connectivity index (χ3n) is 6.99. The quantitative estimate of drug-likeness (QED) is 0.197. The van der Waals surface area contributed by atoms with E-state index in [-0.39, 0.29) is 37.6 Å². The maximum absolute atomic E-state index is 13.8. The first-order chi connectivity index (χ1) is 19.7. The van der Waals surface area contributed by atoms with Crippen LogP contribution in [0.5, 0.6) is 0 Å². The first-order valence-corrected chi connectivity index (χ1v) is 13.5. The Balaban J connectivity index is 3.00. The van der Waals surface area contributed by atoms with Crippen molar-refractivity contribution < 1.29 is 56.1 Å². The van der Waals surface area contributed by atoms with E-state index in [0.717, 1.165) is 12.1 Å². The van der Waals surface area contributed by atoms with Crippen molar-refractivity contribution >= 4 is 35.7 Å². The monoisotopic (exact) mass is 596 g/mol. The van der Waals surface area contributed by atoms with Crippen LogP contribution in [0.3, 0.4) is 0 Å². The van der Waals surface area contributed by atoms with E-state index in [4.69, 9.17) is 18.9 Å². The normalized spacial score (nSPS) is 16.4. The molecule has 1 aliphatic rings. The van der Waals surface area contributed by atoms with Crippen molar-refractivity contribution in [3.63, 3.8) is 0 Å². The topological polar surface area (TPSA) is 122 Å². The summed E-state index contributed by atoms with van der Waals surface area (Å²) in [6.45, 7) is 7.61. The lowest BCUT2D eigenvalue weighted by Gasteiger charge is -2.46. The molecule has 0 unspecified atom stereocenters. The second-order valence-electron chi connectivity index (χ2n) is 9.51. The van der Waals surface area contributed by atoms with Crippen molar-refractivity contribution in [2.75, 3.05) is 26.4 Å². The molecule has 0 N–H and O–H groups in total. The lowest BCUT2D eigenvalue weighted by atomic mass is 9.53. The van der Waals surface area contributed by atoms with E-state index >= 15 is 0 Å². The van der Waals surface area contributed by atoms with Gasteiger partial charge in [0.1, 0.15) is 0 Å². The van der Waals surface area contributed by atoms with Crippen molar-refractivity contribution in [1.29, 1.82) is 0 Å². The zero-order valence-electron chi connectivity index (χ0n) is 24.4. The van der Waals surface area contributed by atoms with Gasteiger partial charge in [0.05, 0.1) is 32.0 Å². The van der Waals surface area contributed by atoms with Gasteiger partial charge in [-0.3, -0.25) is 24.0 Å². The standard InChI is InChI=1S/C30H35F3O9/c1-7-39-24(35)28(25(36)40-8-2)16-22(18(5)15-20-11-13-21(14-12-20)30(31,32)33)23(19(6)34)17-29(28,26(37)41-9-3)27(38)42-10-4/h11-15H,7-10,16-17H2,1-6H3/b18-15+. The minimum absolute atomic E-state index is 0.0685. The average Bonchev–Trinajstić information content (AvgIpc) is 2.92. The lowest BCUT2D eigenvalue weighted by molar-refractivity contribution is -0.204. The number of benzene rings is 1. The number of esters is 4. The molecule has 9 nitrogen and oxygen atoms in total. The fourth-order valence-electron chi connectivity index (χ4n) is 5.03. The van der Waals surface area contributed by atoms with Crippen LogP contribution < -0.4 is 0 Å². The van der Waals surface area contributed by atoms with E-state index < -0.39 is 65.1 Å². The van der Waals surface area contributed by atoms with Crippen LogP contribution in [-0.2, 0) is 49.1 Å². The zero-order valence-corrected chi connectivity index (χ0v) is 24.4. The summed E-state index contributed by atoms with van der Waals surface area (Å²) in [4.78, 5) is 68.2. The Hall–Kier alpha value is -3.96. The molecule has 42 heavy (non-hydrogen) atoms. The molecule has 1 aromatic rings. The zero-order chi connectivity index (χ0) is 31.9. The predicted octanol–water partition coefficient (Wildman–Crippen LogP) is 5.01. The fourth-order valence-corrected chi connectivity index (χ4v) is 5.03. The van der Waals surface area contributed by atoms with Crippen LogP contribution in [0.25, 0.3) is 6.08 Å². The molecule has 0 fully saturated rings. The van der Waals surface area contributed by atoms with Crippen molar-refractivity contribution in [2.45, 2.75) is 60.6 Å². The minimum Gasteiger partial charge on any atom is -0.465 e. The van der Waals surface area contributed by atoms with Crippen molar-refractivity contribution in [3.8, 4) is 0 Å². The first-order valence-electron chi connectivity index (χ1n) is 13.5. The van der Waals surface area contributed by atoms with Crippen LogP contribution in [0.15, 0.2) is 41.0 Å². The first kappa shape index (κ1) is 34.2. The van der Waals surface area contributed by atoms with Gasteiger partial charge in [-0.25, -0.2) is 0 Å². The third kappa shape index (κ3) is 6.42. The number of carbonyl (C=O) groups is 5. The molecule has 0 bridgehead atoms. The van der Waals surface area contributed by atoms with E-state index in [1.807, 2.05) is 0 Å². The van der Waals surface area contributed by atoms with Crippen LogP contribution >= 0.6 is 0 Å². The number of ether oxygens (including phenoxy) is 4. The van der Waals surface area contributed by atoms with Gasteiger partial charge in [0.15, 0.2) is 16.6 Å². The molecule has 0 spiro atoms. The number of Topliss-reactive ketones (excluding diaryl/α,β-unsaturated/α-hetero) is 1. The second-order valence-corrected chi connectivity index (χ2v) is 9.51. The summed E-state index contributed by atoms with van der Waals surface area (Å²) in [7, 11) is 0. The second kappa shape index (κ2) is 13.8. The highest BCUT2D eigenvalue weighted by atomic mass is 19.4. The molecule has 0 amide bonds. The van der Waals surface area contributed by atoms with Gasteiger partial charge in [-0.2, -0.15) is 13.2 Å². The molecule has 2 rings (SSSR count). The molecule has 0 saturated heterocycles. The van der Waals surface area contributed by atoms with Crippen LogP contribution in [0.4, 0.5) is 13.2 Å². The predicted molar refractivity (Wildman–Crippen MR) is 143 cm³/mol. The number of halogens is 3. The van der Waals surface area contributed by atoms with Crippen molar-refractivity contribution in [1.82, 2.24) is 0 Å². The fraction of sp³-hybridized carbons (Fsp3) is 0.500. The van der Waals surface area contributed by atoms with Gasteiger partial charge in [-0.05, 0) is 70.4 Å². The molecule has 12 heteroatoms. The van der Waals surface area contributed by atoms with Gasteiger partial charge >= 0.3 is 30.1 Å². The SMILES string of the molecule is CCOC(=O)C1(C(=O)OCC)CC(C(C)=O)=C(/C(C)=C/c2ccc(C(F)(F)F)cc2)CC1(C(=O)OCC)C(=O)OCC. The van der Waals surface area contributed by atoms with Gasteiger partial charge in [0.2, 0.25) is 0 Å². The number of alkyl halides is 3. The summed E-state index contributed by atoms with van der Waals surface area (Å²) in [6.07, 6.45) is -4.54. The number of hydrogen-bond acceptors (Lipinski definition) is 9. The Morgan fingerprint density at radius 2 is 1.05 bits per heavy atom. The number of rotatable bonds is 11. The maximum Gasteiger partial charge on any atom is 0.416 e. The summed E-state index contributed by atoms with van der Waals surface area (Å²) in [5.41, 5.74) is -5.55. The van der Waals surface area contributed by atoms with Gasteiger partial charge in [-0.15, -0.1) is 0 Å². The lowest BCUT2D eigenvalue weighted by Crippen LogP contribution is -2.64. The Kier molecular flexibility index (Phi) is 11.3. The largest absolute Gasteiger partial charge is 0.465 e. The summed E-state index contributed by atoms with van der Waals surface area (Å²) < 4.78 is 60.2. The maximum atomic E-state index is 13.8. The number of allylic oxidation sites excluding steroid dienone is 3. The summed E-state index contributed by atoms with van der Waals surface area (Å²) >= 11 is 0. The van der Waals surface area contributed by atoms with Gasteiger partial charge < -0.3 is 18.9 Å². The van der Waals surface area contributed by atoms with Crippen molar-refractivity contribution in [2.24, 2.45) is 10.8 Å². The Labute approximate surface area is 242 Å². The third-order valence-corrected chi connectivity index (χ3v) is 6.99. The van der Waals surface area contributed by atoms with Crippen LogP contribution in [-0.4, -0.2) is 56.1 Å². The Bertz CT molecular complexity index is 1240. The van der Waals surface area contributed by atoms with E-state index in [0.29, 0.717) is 11.1 Å². The molecule has 230 valence electrons. The molecule has 0 radical (unpaired) electrons. The Morgan fingerprint density at radius 3 is 1.36 bits per heavy atom. The smallest absolute Gasteiger partial charge is 0.416 e. The summed E-state index contributed by atoms with van der Waals surface area (Å²) in [6, 6.07) is 4.20. The molecule has 0 atom stereocenters. The minimum atomic E-state index is -4.55. The van der Waals surface area contributed by atoms with Gasteiger partial charge in [0.25, 0.3) is 0 Å². The molecular formula is C30H35F3O9. The van der Waals surface area contributed by atoms with Gasteiger partial charge in [-0.1, -0.05) is 18.2 Å². The molecule has 0 heterocycles. The highest BCUT2D eigenvalue weighted by molar-refractivity contribution is 6.17. The summed E-state index contributed by atoms with van der Waals surface area (Å²) in [5.74, 6) is -5.64. The summed E-state index contributed by atoms with van der Waals surface area (Å²) in [5, 5.41) is 0. The molecule has 1 aliphatic carbocycles. The van der Waals surface area contributed by atoms with Crippen LogP contribution in [0.1, 0.15) is 65.5 Å². The molecule has 0 saturated carbocycles. The number of ketones is 1. The van der Waals surface area contributed by atoms with E-state index in [1.54, 1.807) is 0 Å². The molecule has 0 aliphatic heterocycles. The van der Waals surface area contributed by atoms with E-state index in [9.17, 15) is 37.1 Å². The van der Waals surface area contributed by atoms with E-state index in [2.05, 4.69) is 0 Å². The number of hydrogen-bond donors (Lipinski definition) is 0. The Morgan fingerprint density at radius 1 is 0.690 bits per heavy atom. The van der Waals surface area contributed by atoms with E-state index in [1.165, 1.54) is 59.8 Å². The van der Waals surface area contributed by atoms with Crippen LogP contribution in [0, 0.1) is 10.8 Å². The molecular weight excluding hydrogens is 561 g/mol. The highest BCUT2D eigenvalue weighted by Crippen LogP contribution is 2.57. The average molecular weight is 597 g/mol. The number of carbonyl (C=O) groups excluding carboxylic acids is 5. The van der Waals surface area contributed by atoms with Crippen LogP contribution in [0.2, 0.25) is 0 Å². The van der Waals surface area contributed by atoms with Gasteiger partial charge in [0, 0.05) is 18.4 Å². The molecule has 1 aromatic carbocycles. The van der Waals surface area contributed by atoms with Crippen molar-refractivity contribution in [3.05, 3.63) is 52.1 Å². The highest BCUT2D eigenvalue weighted by Gasteiger charge is 2.75.